The van der Waals surface area contributed by atoms with Crippen molar-refractivity contribution < 1.29 is 4.92 Å². The van der Waals surface area contributed by atoms with Crippen LogP contribution in [-0.4, -0.2) is 23.6 Å². The second kappa shape index (κ2) is 9.23. The molecule has 0 N–H and O–H groups in total. The van der Waals surface area contributed by atoms with E-state index >= 15 is 0 Å². The normalized spacial score (nSPS) is 11.4. The monoisotopic (exact) mass is 447 g/mol. The van der Waals surface area contributed by atoms with Crippen molar-refractivity contribution in [2.75, 3.05) is 0 Å². The molecule has 0 bridgehead atoms. The lowest BCUT2D eigenvalue weighted by molar-refractivity contribution is -0.384. The standard InChI is InChI=1S/C24H25N5O4/c1-17(2)12-13-26-16-25-22-21(26)23(30)28(15-19-8-10-20(11-9-19)29(32)33)24(31)27(22)14-18-6-4-3-5-7-18/h3-11,16-17H,12-15H2,1-2H3. The van der Waals surface area contributed by atoms with E-state index in [0.29, 0.717) is 29.2 Å². The average molecular weight is 447 g/mol. The molecular formula is C24H25N5O4. The van der Waals surface area contributed by atoms with Crippen molar-refractivity contribution >= 4 is 16.9 Å². The molecule has 0 saturated carbocycles. The molecule has 0 radical (unpaired) electrons. The average Bonchev–Trinajstić information content (AvgIpc) is 3.23. The first-order valence-electron chi connectivity index (χ1n) is 10.8. The summed E-state index contributed by atoms with van der Waals surface area (Å²) in [5, 5.41) is 10.9. The first-order chi connectivity index (χ1) is 15.8. The summed E-state index contributed by atoms with van der Waals surface area (Å²) in [5.74, 6) is 0.444. The molecule has 170 valence electrons. The third-order valence-corrected chi connectivity index (χ3v) is 5.60. The Balaban J connectivity index is 1.85. The quantitative estimate of drug-likeness (QED) is 0.304. The Labute approximate surface area is 189 Å². The molecular weight excluding hydrogens is 422 g/mol. The van der Waals surface area contributed by atoms with E-state index in [1.807, 2.05) is 34.9 Å². The number of hydrogen-bond donors (Lipinski definition) is 0. The van der Waals surface area contributed by atoms with Crippen molar-refractivity contribution in [2.45, 2.75) is 39.9 Å². The first-order valence-corrected chi connectivity index (χ1v) is 10.8. The number of fused-ring (bicyclic) bond motifs is 1. The Morgan fingerprint density at radius 3 is 2.21 bits per heavy atom. The van der Waals surface area contributed by atoms with Crippen LogP contribution < -0.4 is 11.2 Å². The fourth-order valence-corrected chi connectivity index (χ4v) is 3.76. The zero-order valence-electron chi connectivity index (χ0n) is 18.5. The minimum atomic E-state index is -0.484. The molecule has 33 heavy (non-hydrogen) atoms. The highest BCUT2D eigenvalue weighted by atomic mass is 16.6. The van der Waals surface area contributed by atoms with Crippen molar-refractivity contribution in [1.29, 1.82) is 0 Å². The number of imidazole rings is 1. The molecule has 0 atom stereocenters. The van der Waals surface area contributed by atoms with E-state index in [-0.39, 0.29) is 18.8 Å². The van der Waals surface area contributed by atoms with Crippen LogP contribution in [0, 0.1) is 16.0 Å². The van der Waals surface area contributed by atoms with Crippen LogP contribution in [0.15, 0.2) is 70.5 Å². The fourth-order valence-electron chi connectivity index (χ4n) is 3.76. The highest BCUT2D eigenvalue weighted by Crippen LogP contribution is 2.14. The summed E-state index contributed by atoms with van der Waals surface area (Å²) in [4.78, 5) is 41.8. The van der Waals surface area contributed by atoms with Crippen molar-refractivity contribution in [3.05, 3.63) is 103 Å². The van der Waals surface area contributed by atoms with Crippen molar-refractivity contribution in [3.63, 3.8) is 0 Å². The van der Waals surface area contributed by atoms with Crippen LogP contribution in [0.3, 0.4) is 0 Å². The first kappa shape index (κ1) is 22.2. The van der Waals surface area contributed by atoms with E-state index in [0.717, 1.165) is 12.0 Å². The van der Waals surface area contributed by atoms with Gasteiger partial charge in [0.1, 0.15) is 0 Å². The van der Waals surface area contributed by atoms with Gasteiger partial charge in [0.15, 0.2) is 11.2 Å². The van der Waals surface area contributed by atoms with Crippen LogP contribution in [0.5, 0.6) is 0 Å². The molecule has 2 aromatic carbocycles. The lowest BCUT2D eigenvalue weighted by Crippen LogP contribution is -2.41. The molecule has 2 heterocycles. The zero-order valence-corrected chi connectivity index (χ0v) is 18.5. The maximum absolute atomic E-state index is 13.4. The van der Waals surface area contributed by atoms with Crippen molar-refractivity contribution in [1.82, 2.24) is 18.7 Å². The Hall–Kier alpha value is -4.01. The summed E-state index contributed by atoms with van der Waals surface area (Å²) in [5.41, 5.74) is 1.35. The van der Waals surface area contributed by atoms with Gasteiger partial charge in [0, 0.05) is 18.7 Å². The second-order valence-electron chi connectivity index (χ2n) is 8.46. The molecule has 0 spiro atoms. The van der Waals surface area contributed by atoms with Crippen LogP contribution in [0.4, 0.5) is 5.69 Å². The molecule has 0 amide bonds. The zero-order chi connectivity index (χ0) is 23.5. The third kappa shape index (κ3) is 4.62. The number of nitro benzene ring substituents is 1. The number of benzene rings is 2. The molecule has 4 rings (SSSR count). The van der Waals surface area contributed by atoms with E-state index in [1.165, 1.54) is 21.3 Å². The molecule has 9 heteroatoms. The molecule has 4 aromatic rings. The lowest BCUT2D eigenvalue weighted by Gasteiger charge is -2.13. The summed E-state index contributed by atoms with van der Waals surface area (Å²) in [7, 11) is 0. The highest BCUT2D eigenvalue weighted by Gasteiger charge is 2.19. The molecule has 0 fully saturated rings. The van der Waals surface area contributed by atoms with E-state index in [4.69, 9.17) is 0 Å². The fraction of sp³-hybridized carbons (Fsp3) is 0.292. The summed E-state index contributed by atoms with van der Waals surface area (Å²) in [6.45, 7) is 5.12. The summed E-state index contributed by atoms with van der Waals surface area (Å²) >= 11 is 0. The molecule has 0 aliphatic carbocycles. The van der Waals surface area contributed by atoms with Gasteiger partial charge in [0.05, 0.1) is 24.3 Å². The van der Waals surface area contributed by atoms with Gasteiger partial charge in [-0.05, 0) is 23.5 Å². The summed E-state index contributed by atoms with van der Waals surface area (Å²) < 4.78 is 4.51. The van der Waals surface area contributed by atoms with E-state index < -0.39 is 16.2 Å². The predicted octanol–water partition coefficient (Wildman–Crippen LogP) is 3.41. The largest absolute Gasteiger partial charge is 0.333 e. The molecule has 9 nitrogen and oxygen atoms in total. The van der Waals surface area contributed by atoms with Gasteiger partial charge in [-0.15, -0.1) is 0 Å². The summed E-state index contributed by atoms with van der Waals surface area (Å²) in [6, 6.07) is 15.4. The SMILES string of the molecule is CC(C)CCn1cnc2c1c(=O)n(Cc1ccc([N+](=O)[O-])cc1)c(=O)n2Cc1ccccc1. The molecule has 0 aliphatic heterocycles. The molecule has 2 aromatic heterocycles. The Bertz CT molecular complexity index is 1400. The van der Waals surface area contributed by atoms with Crippen molar-refractivity contribution in [3.8, 4) is 0 Å². The smallest absolute Gasteiger partial charge is 0.325 e. The second-order valence-corrected chi connectivity index (χ2v) is 8.46. The topological polar surface area (TPSA) is 105 Å². The Kier molecular flexibility index (Phi) is 6.21. The van der Waals surface area contributed by atoms with Gasteiger partial charge in [0.25, 0.3) is 11.2 Å². The van der Waals surface area contributed by atoms with Gasteiger partial charge in [0.2, 0.25) is 0 Å². The maximum Gasteiger partial charge on any atom is 0.333 e. The van der Waals surface area contributed by atoms with Crippen LogP contribution in [0.2, 0.25) is 0 Å². The van der Waals surface area contributed by atoms with Gasteiger partial charge in [-0.2, -0.15) is 0 Å². The predicted molar refractivity (Wildman–Crippen MR) is 125 cm³/mol. The van der Waals surface area contributed by atoms with E-state index in [9.17, 15) is 19.7 Å². The molecule has 0 aliphatic rings. The maximum atomic E-state index is 13.4. The number of hydrogen-bond acceptors (Lipinski definition) is 5. The number of aryl methyl sites for hydroxylation is 1. The minimum Gasteiger partial charge on any atom is -0.325 e. The van der Waals surface area contributed by atoms with Gasteiger partial charge in [-0.1, -0.05) is 56.3 Å². The van der Waals surface area contributed by atoms with Gasteiger partial charge in [-0.25, -0.2) is 9.78 Å². The van der Waals surface area contributed by atoms with Crippen LogP contribution in [0.25, 0.3) is 11.2 Å². The molecule has 0 unspecified atom stereocenters. The van der Waals surface area contributed by atoms with E-state index in [2.05, 4.69) is 18.8 Å². The highest BCUT2D eigenvalue weighted by molar-refractivity contribution is 5.70. The number of nitro groups is 1. The lowest BCUT2D eigenvalue weighted by atomic mass is 10.1. The molecule has 0 saturated heterocycles. The van der Waals surface area contributed by atoms with E-state index in [1.54, 1.807) is 18.5 Å². The van der Waals surface area contributed by atoms with Gasteiger partial charge in [-0.3, -0.25) is 24.0 Å². The Morgan fingerprint density at radius 2 is 1.58 bits per heavy atom. The number of nitrogens with zero attached hydrogens (tertiary/aromatic N) is 5. The Morgan fingerprint density at radius 1 is 0.939 bits per heavy atom. The summed E-state index contributed by atoms with van der Waals surface area (Å²) in [6.07, 6.45) is 2.48. The van der Waals surface area contributed by atoms with Crippen molar-refractivity contribution in [2.24, 2.45) is 5.92 Å². The van der Waals surface area contributed by atoms with Gasteiger partial charge < -0.3 is 4.57 Å². The number of aromatic nitrogens is 4. The van der Waals surface area contributed by atoms with Gasteiger partial charge >= 0.3 is 5.69 Å². The number of non-ortho nitro benzene ring substituents is 1. The minimum absolute atomic E-state index is 0.00967. The van der Waals surface area contributed by atoms with Crippen LogP contribution in [-0.2, 0) is 19.6 Å². The van der Waals surface area contributed by atoms with Crippen LogP contribution >= 0.6 is 0 Å². The number of rotatable bonds is 8. The third-order valence-electron chi connectivity index (χ3n) is 5.60. The van der Waals surface area contributed by atoms with Crippen LogP contribution in [0.1, 0.15) is 31.4 Å².